The molecule has 0 N–H and O–H groups in total. The summed E-state index contributed by atoms with van der Waals surface area (Å²) in [6.45, 7) is 10.0. The Kier molecular flexibility index (Phi) is 6.46. The van der Waals surface area contributed by atoms with E-state index in [0.29, 0.717) is 0 Å². The van der Waals surface area contributed by atoms with Gasteiger partial charge >= 0.3 is 0 Å². The van der Waals surface area contributed by atoms with Gasteiger partial charge in [0, 0.05) is 5.39 Å². The topological polar surface area (TPSA) is 26.0 Å². The third kappa shape index (κ3) is 2.87. The van der Waals surface area contributed by atoms with Crippen molar-refractivity contribution in [2.24, 2.45) is 0 Å². The standard InChI is InChI=1S/C8H7NO.2C2H6/c1-6-3-2-4-7-5-9-10-8(6)7;2*1-2/h2-5H,1H3;2*1-2H3. The van der Waals surface area contributed by atoms with Gasteiger partial charge in [0.1, 0.15) is 0 Å². The summed E-state index contributed by atoms with van der Waals surface area (Å²) >= 11 is 0. The zero-order valence-electron chi connectivity index (χ0n) is 9.66. The molecule has 0 atom stereocenters. The van der Waals surface area contributed by atoms with E-state index in [0.717, 1.165) is 16.5 Å². The highest BCUT2D eigenvalue weighted by molar-refractivity contribution is 5.78. The second kappa shape index (κ2) is 7.13. The number of aryl methyl sites for hydroxylation is 1. The number of fused-ring (bicyclic) bond motifs is 1. The van der Waals surface area contributed by atoms with E-state index in [9.17, 15) is 0 Å². The van der Waals surface area contributed by atoms with Crippen molar-refractivity contribution in [3.05, 3.63) is 30.0 Å². The Balaban J connectivity index is 0.000000379. The minimum absolute atomic E-state index is 0.891. The van der Waals surface area contributed by atoms with E-state index in [1.165, 1.54) is 0 Å². The van der Waals surface area contributed by atoms with Gasteiger partial charge in [-0.15, -0.1) is 0 Å². The van der Waals surface area contributed by atoms with Crippen molar-refractivity contribution < 1.29 is 4.52 Å². The molecule has 2 nitrogen and oxygen atoms in total. The molecule has 0 aliphatic heterocycles. The molecule has 2 aromatic rings. The third-order valence-corrected chi connectivity index (χ3v) is 1.58. The fourth-order valence-corrected chi connectivity index (χ4v) is 1.04. The molecule has 2 rings (SSSR count). The molecule has 2 heteroatoms. The molecule has 0 unspecified atom stereocenters. The summed E-state index contributed by atoms with van der Waals surface area (Å²) < 4.78 is 5.00. The second-order valence-corrected chi connectivity index (χ2v) is 2.32. The molecule has 1 aromatic heterocycles. The van der Waals surface area contributed by atoms with Gasteiger partial charge in [-0.3, -0.25) is 0 Å². The van der Waals surface area contributed by atoms with Crippen molar-refractivity contribution in [3.8, 4) is 0 Å². The highest BCUT2D eigenvalue weighted by atomic mass is 16.5. The summed E-state index contributed by atoms with van der Waals surface area (Å²) in [6.07, 6.45) is 1.72. The first-order valence-corrected chi connectivity index (χ1v) is 5.18. The lowest BCUT2D eigenvalue weighted by atomic mass is 10.2. The van der Waals surface area contributed by atoms with Crippen LogP contribution < -0.4 is 0 Å². The van der Waals surface area contributed by atoms with Gasteiger partial charge in [-0.1, -0.05) is 45.0 Å². The first kappa shape index (κ1) is 12.7. The van der Waals surface area contributed by atoms with Gasteiger partial charge in [0.15, 0.2) is 5.58 Å². The molecular formula is C12H19NO. The molecule has 14 heavy (non-hydrogen) atoms. The zero-order chi connectivity index (χ0) is 11.0. The number of nitrogens with zero attached hydrogens (tertiary/aromatic N) is 1. The van der Waals surface area contributed by atoms with Crippen LogP contribution in [-0.4, -0.2) is 5.16 Å². The molecule has 0 aliphatic carbocycles. The summed E-state index contributed by atoms with van der Waals surface area (Å²) in [4.78, 5) is 0. The summed E-state index contributed by atoms with van der Waals surface area (Å²) in [5, 5.41) is 4.76. The average Bonchev–Trinajstić information content (AvgIpc) is 2.73. The van der Waals surface area contributed by atoms with Crippen LogP contribution in [0.5, 0.6) is 0 Å². The lowest BCUT2D eigenvalue weighted by molar-refractivity contribution is 0.455. The zero-order valence-corrected chi connectivity index (χ0v) is 9.66. The fourth-order valence-electron chi connectivity index (χ4n) is 1.04. The Morgan fingerprint density at radius 2 is 1.71 bits per heavy atom. The van der Waals surface area contributed by atoms with Crippen LogP contribution in [0.3, 0.4) is 0 Å². The SMILES string of the molecule is CC.CC.Cc1cccc2cnoc12. The molecule has 0 fully saturated rings. The number of hydrogen-bond acceptors (Lipinski definition) is 2. The van der Waals surface area contributed by atoms with Gasteiger partial charge in [0.25, 0.3) is 0 Å². The van der Waals surface area contributed by atoms with Crippen LogP contribution >= 0.6 is 0 Å². The molecule has 0 amide bonds. The van der Waals surface area contributed by atoms with Crippen molar-refractivity contribution in [2.45, 2.75) is 34.6 Å². The molecule has 1 aromatic carbocycles. The molecule has 0 saturated carbocycles. The van der Waals surface area contributed by atoms with Gasteiger partial charge in [-0.25, -0.2) is 0 Å². The van der Waals surface area contributed by atoms with Gasteiger partial charge in [0.05, 0.1) is 6.20 Å². The Bertz CT molecular complexity index is 352. The summed E-state index contributed by atoms with van der Waals surface area (Å²) in [6, 6.07) is 5.99. The maximum atomic E-state index is 5.00. The first-order chi connectivity index (χ1) is 6.88. The normalized spacial score (nSPS) is 8.36. The van der Waals surface area contributed by atoms with E-state index < -0.39 is 0 Å². The van der Waals surface area contributed by atoms with Crippen LogP contribution in [0.4, 0.5) is 0 Å². The quantitative estimate of drug-likeness (QED) is 0.627. The van der Waals surface area contributed by atoms with Crippen molar-refractivity contribution in [1.82, 2.24) is 5.16 Å². The van der Waals surface area contributed by atoms with E-state index in [1.54, 1.807) is 6.20 Å². The van der Waals surface area contributed by atoms with Gasteiger partial charge in [-0.05, 0) is 18.6 Å². The van der Waals surface area contributed by atoms with Crippen molar-refractivity contribution in [3.63, 3.8) is 0 Å². The van der Waals surface area contributed by atoms with E-state index in [4.69, 9.17) is 4.52 Å². The number of rotatable bonds is 0. The molecular weight excluding hydrogens is 174 g/mol. The summed E-state index contributed by atoms with van der Waals surface area (Å²) in [5.74, 6) is 0. The molecule has 78 valence electrons. The van der Waals surface area contributed by atoms with E-state index in [1.807, 2.05) is 52.8 Å². The van der Waals surface area contributed by atoms with Crippen molar-refractivity contribution in [1.29, 1.82) is 0 Å². The highest BCUT2D eigenvalue weighted by Gasteiger charge is 1.98. The predicted octanol–water partition coefficient (Wildman–Crippen LogP) is 4.19. The largest absolute Gasteiger partial charge is 0.356 e. The van der Waals surface area contributed by atoms with Gasteiger partial charge in [0.2, 0.25) is 0 Å². The summed E-state index contributed by atoms with van der Waals surface area (Å²) in [5.41, 5.74) is 2.03. The Morgan fingerprint density at radius 1 is 1.07 bits per heavy atom. The second-order valence-electron chi connectivity index (χ2n) is 2.32. The van der Waals surface area contributed by atoms with E-state index >= 15 is 0 Å². The summed E-state index contributed by atoms with van der Waals surface area (Å²) in [7, 11) is 0. The van der Waals surface area contributed by atoms with Crippen LogP contribution in [0.1, 0.15) is 33.3 Å². The number of benzene rings is 1. The van der Waals surface area contributed by atoms with Crippen LogP contribution in [0.25, 0.3) is 11.0 Å². The highest BCUT2D eigenvalue weighted by Crippen LogP contribution is 2.16. The number of para-hydroxylation sites is 1. The fraction of sp³-hybridized carbons (Fsp3) is 0.417. The number of aromatic nitrogens is 1. The van der Waals surface area contributed by atoms with Gasteiger partial charge < -0.3 is 4.52 Å². The van der Waals surface area contributed by atoms with Crippen LogP contribution in [-0.2, 0) is 0 Å². The third-order valence-electron chi connectivity index (χ3n) is 1.58. The Labute approximate surface area is 85.9 Å². The van der Waals surface area contributed by atoms with Crippen molar-refractivity contribution >= 4 is 11.0 Å². The number of hydrogen-bond donors (Lipinski definition) is 0. The minimum atomic E-state index is 0.891. The monoisotopic (exact) mass is 193 g/mol. The van der Waals surface area contributed by atoms with Crippen LogP contribution in [0.2, 0.25) is 0 Å². The lowest BCUT2D eigenvalue weighted by Gasteiger charge is -1.88. The Morgan fingerprint density at radius 3 is 2.29 bits per heavy atom. The lowest BCUT2D eigenvalue weighted by Crippen LogP contribution is -1.69. The predicted molar refractivity (Wildman–Crippen MR) is 61.4 cm³/mol. The maximum Gasteiger partial charge on any atom is 0.169 e. The average molecular weight is 193 g/mol. The molecule has 0 spiro atoms. The molecule has 1 heterocycles. The van der Waals surface area contributed by atoms with E-state index in [2.05, 4.69) is 5.16 Å². The first-order valence-electron chi connectivity index (χ1n) is 5.18. The maximum absolute atomic E-state index is 5.00. The molecule has 0 bridgehead atoms. The Hall–Kier alpha value is -1.31. The van der Waals surface area contributed by atoms with Gasteiger partial charge in [-0.2, -0.15) is 0 Å². The minimum Gasteiger partial charge on any atom is -0.356 e. The molecule has 0 aliphatic rings. The van der Waals surface area contributed by atoms with Crippen LogP contribution in [0, 0.1) is 6.92 Å². The molecule has 0 saturated heterocycles. The van der Waals surface area contributed by atoms with Crippen LogP contribution in [0.15, 0.2) is 28.9 Å². The van der Waals surface area contributed by atoms with Crippen molar-refractivity contribution in [2.75, 3.05) is 0 Å². The smallest absolute Gasteiger partial charge is 0.169 e. The molecule has 0 radical (unpaired) electrons. The van der Waals surface area contributed by atoms with E-state index in [-0.39, 0.29) is 0 Å².